The number of carbonyl (C=O) groups excluding carboxylic acids is 2. The molecule has 8 heteroatoms. The second kappa shape index (κ2) is 10.1. The second-order valence-corrected chi connectivity index (χ2v) is 8.36. The number of anilines is 1. The number of benzodiazepines with no additional fused rings is 1. The van der Waals surface area contributed by atoms with Crippen LogP contribution in [-0.2, 0) is 9.53 Å². The summed E-state index contributed by atoms with van der Waals surface area (Å²) >= 11 is 0. The van der Waals surface area contributed by atoms with E-state index in [1.54, 1.807) is 25.2 Å². The predicted octanol–water partition coefficient (Wildman–Crippen LogP) is 3.76. The van der Waals surface area contributed by atoms with Gasteiger partial charge in [-0.15, -0.1) is 0 Å². The number of aromatic amines is 1. The zero-order valence-corrected chi connectivity index (χ0v) is 20.0. The summed E-state index contributed by atoms with van der Waals surface area (Å²) in [6, 6.07) is 24.5. The molecular formula is C28H26N4O4. The average Bonchev–Trinajstić information content (AvgIpc) is 3.31. The Hall–Kier alpha value is -4.43. The van der Waals surface area contributed by atoms with Crippen LogP contribution in [0.1, 0.15) is 21.6 Å². The molecule has 2 N–H and O–H groups in total. The topological polar surface area (TPSA) is 96.0 Å². The molecule has 1 aromatic heterocycles. The SMILES string of the molecule is COCCN1C(=O)C(NC(=O)c2cc3cc(OC)ccc3[nH]2)N=C(c2ccccc2)c2ccccc21. The number of methoxy groups -OCH3 is 2. The number of nitrogens with one attached hydrogen (secondary N) is 2. The number of fused-ring (bicyclic) bond motifs is 2. The number of amides is 2. The molecule has 1 atom stereocenters. The number of ether oxygens (including phenoxy) is 2. The molecule has 0 saturated carbocycles. The molecule has 36 heavy (non-hydrogen) atoms. The minimum absolute atomic E-state index is 0.322. The number of aliphatic imine (C=N–C) groups is 1. The molecule has 0 saturated heterocycles. The van der Waals surface area contributed by atoms with Gasteiger partial charge in [0.2, 0.25) is 6.17 Å². The van der Waals surface area contributed by atoms with Crippen molar-refractivity contribution < 1.29 is 19.1 Å². The highest BCUT2D eigenvalue weighted by Gasteiger charge is 2.33. The lowest BCUT2D eigenvalue weighted by atomic mass is 10.0. The largest absolute Gasteiger partial charge is 0.497 e. The van der Waals surface area contributed by atoms with E-state index in [1.807, 2.05) is 72.8 Å². The van der Waals surface area contributed by atoms with E-state index >= 15 is 0 Å². The van der Waals surface area contributed by atoms with Crippen molar-refractivity contribution in [2.45, 2.75) is 6.17 Å². The first-order valence-corrected chi connectivity index (χ1v) is 11.6. The summed E-state index contributed by atoms with van der Waals surface area (Å²) in [5, 5.41) is 3.66. The minimum atomic E-state index is -1.13. The zero-order valence-electron chi connectivity index (χ0n) is 20.0. The molecule has 3 aromatic carbocycles. The Morgan fingerprint density at radius 2 is 1.81 bits per heavy atom. The highest BCUT2D eigenvalue weighted by atomic mass is 16.5. The normalized spacial score (nSPS) is 15.3. The van der Waals surface area contributed by atoms with Crippen LogP contribution in [0.3, 0.4) is 0 Å². The fourth-order valence-corrected chi connectivity index (χ4v) is 4.32. The first kappa shape index (κ1) is 23.3. The number of hydrogen-bond donors (Lipinski definition) is 2. The Labute approximate surface area is 208 Å². The molecule has 0 radical (unpaired) electrons. The molecule has 0 fully saturated rings. The molecule has 1 aliphatic heterocycles. The first-order valence-electron chi connectivity index (χ1n) is 11.6. The van der Waals surface area contributed by atoms with E-state index in [9.17, 15) is 9.59 Å². The van der Waals surface area contributed by atoms with Gasteiger partial charge in [0, 0.05) is 35.7 Å². The number of benzene rings is 3. The quantitative estimate of drug-likeness (QED) is 0.419. The number of hydrogen-bond acceptors (Lipinski definition) is 5. The minimum Gasteiger partial charge on any atom is -0.497 e. The van der Waals surface area contributed by atoms with Crippen LogP contribution in [0.25, 0.3) is 10.9 Å². The van der Waals surface area contributed by atoms with E-state index in [0.717, 1.165) is 27.7 Å². The van der Waals surface area contributed by atoms with Crippen molar-refractivity contribution in [3.63, 3.8) is 0 Å². The van der Waals surface area contributed by atoms with Gasteiger partial charge in [-0.2, -0.15) is 0 Å². The molecule has 1 unspecified atom stereocenters. The fraction of sp³-hybridized carbons (Fsp3) is 0.179. The third-order valence-electron chi connectivity index (χ3n) is 6.11. The Balaban J connectivity index is 1.55. The van der Waals surface area contributed by atoms with E-state index in [0.29, 0.717) is 30.3 Å². The summed E-state index contributed by atoms with van der Waals surface area (Å²) in [6.45, 7) is 0.660. The third-order valence-corrected chi connectivity index (χ3v) is 6.11. The van der Waals surface area contributed by atoms with Gasteiger partial charge in [-0.05, 0) is 30.3 Å². The Bertz CT molecular complexity index is 1440. The van der Waals surface area contributed by atoms with Gasteiger partial charge in [0.1, 0.15) is 11.4 Å². The van der Waals surface area contributed by atoms with Gasteiger partial charge < -0.3 is 24.7 Å². The molecule has 5 rings (SSSR count). The van der Waals surface area contributed by atoms with Crippen LogP contribution in [-0.4, -0.2) is 56.0 Å². The summed E-state index contributed by atoms with van der Waals surface area (Å²) < 4.78 is 10.5. The van der Waals surface area contributed by atoms with Crippen LogP contribution in [0.4, 0.5) is 5.69 Å². The van der Waals surface area contributed by atoms with Gasteiger partial charge >= 0.3 is 0 Å². The highest BCUT2D eigenvalue weighted by Crippen LogP contribution is 2.28. The molecule has 0 spiro atoms. The van der Waals surface area contributed by atoms with Crippen LogP contribution in [0.2, 0.25) is 0 Å². The summed E-state index contributed by atoms with van der Waals surface area (Å²) in [5.41, 5.74) is 4.12. The van der Waals surface area contributed by atoms with Crippen molar-refractivity contribution in [3.05, 3.63) is 95.7 Å². The smallest absolute Gasteiger partial charge is 0.272 e. The zero-order chi connectivity index (χ0) is 25.1. The maximum absolute atomic E-state index is 13.7. The van der Waals surface area contributed by atoms with E-state index < -0.39 is 12.1 Å². The standard InChI is InChI=1S/C28H26N4O4/c1-35-15-14-32-24-11-7-6-10-21(24)25(18-8-4-3-5-9-18)30-26(28(32)34)31-27(33)23-17-19-16-20(36-2)12-13-22(19)29-23/h3-13,16-17,26,29H,14-15H2,1-2H3,(H,31,33). The predicted molar refractivity (Wildman–Crippen MR) is 139 cm³/mol. The molecule has 2 amide bonds. The number of carbonyl (C=O) groups is 2. The lowest BCUT2D eigenvalue weighted by molar-refractivity contribution is -0.120. The number of aromatic nitrogens is 1. The fourth-order valence-electron chi connectivity index (χ4n) is 4.32. The van der Waals surface area contributed by atoms with Crippen molar-refractivity contribution in [1.82, 2.24) is 10.3 Å². The number of nitrogens with zero attached hydrogens (tertiary/aromatic N) is 2. The second-order valence-electron chi connectivity index (χ2n) is 8.36. The van der Waals surface area contributed by atoms with Crippen LogP contribution in [0.15, 0.2) is 83.9 Å². The molecule has 0 aliphatic carbocycles. The molecule has 182 valence electrons. The van der Waals surface area contributed by atoms with Gasteiger partial charge in [-0.25, -0.2) is 4.99 Å². The van der Waals surface area contributed by atoms with Gasteiger partial charge in [-0.3, -0.25) is 9.59 Å². The third kappa shape index (κ3) is 4.46. The van der Waals surface area contributed by atoms with Crippen molar-refractivity contribution in [1.29, 1.82) is 0 Å². The lowest BCUT2D eigenvalue weighted by Gasteiger charge is -2.25. The lowest BCUT2D eigenvalue weighted by Crippen LogP contribution is -2.48. The van der Waals surface area contributed by atoms with Gasteiger partial charge in [0.05, 0.1) is 25.1 Å². The van der Waals surface area contributed by atoms with Crippen molar-refractivity contribution in [2.75, 3.05) is 32.3 Å². The maximum Gasteiger partial charge on any atom is 0.272 e. The monoisotopic (exact) mass is 482 g/mol. The Morgan fingerprint density at radius 1 is 1.03 bits per heavy atom. The Morgan fingerprint density at radius 3 is 2.58 bits per heavy atom. The van der Waals surface area contributed by atoms with Crippen molar-refractivity contribution in [3.8, 4) is 5.75 Å². The molecule has 2 heterocycles. The molecule has 8 nitrogen and oxygen atoms in total. The summed E-state index contributed by atoms with van der Waals surface area (Å²) in [5.74, 6) is -0.0788. The van der Waals surface area contributed by atoms with Gasteiger partial charge in [0.15, 0.2) is 0 Å². The highest BCUT2D eigenvalue weighted by molar-refractivity contribution is 6.20. The molecule has 1 aliphatic rings. The summed E-state index contributed by atoms with van der Waals surface area (Å²) in [6.07, 6.45) is -1.13. The summed E-state index contributed by atoms with van der Waals surface area (Å²) in [7, 11) is 3.18. The van der Waals surface area contributed by atoms with E-state index in [4.69, 9.17) is 14.5 Å². The van der Waals surface area contributed by atoms with E-state index in [-0.39, 0.29) is 5.91 Å². The van der Waals surface area contributed by atoms with E-state index in [1.165, 1.54) is 0 Å². The van der Waals surface area contributed by atoms with Crippen molar-refractivity contribution >= 4 is 34.1 Å². The van der Waals surface area contributed by atoms with E-state index in [2.05, 4.69) is 10.3 Å². The van der Waals surface area contributed by atoms with Crippen LogP contribution < -0.4 is 15.0 Å². The first-order chi connectivity index (χ1) is 17.6. The Kier molecular flexibility index (Phi) is 6.51. The van der Waals surface area contributed by atoms with Gasteiger partial charge in [0.25, 0.3) is 11.8 Å². The van der Waals surface area contributed by atoms with Crippen molar-refractivity contribution in [2.24, 2.45) is 4.99 Å². The molecular weight excluding hydrogens is 456 g/mol. The average molecular weight is 483 g/mol. The molecule has 0 bridgehead atoms. The van der Waals surface area contributed by atoms with Crippen LogP contribution in [0.5, 0.6) is 5.75 Å². The number of H-pyrrole nitrogens is 1. The van der Waals surface area contributed by atoms with Gasteiger partial charge in [-0.1, -0.05) is 48.5 Å². The van der Waals surface area contributed by atoms with Crippen LogP contribution >= 0.6 is 0 Å². The number of rotatable bonds is 7. The summed E-state index contributed by atoms with van der Waals surface area (Å²) in [4.78, 5) is 36.6. The number of para-hydroxylation sites is 1. The molecule has 4 aromatic rings. The maximum atomic E-state index is 13.7. The van der Waals surface area contributed by atoms with Crippen LogP contribution in [0, 0.1) is 0 Å².